The topological polar surface area (TPSA) is 127 Å². The summed E-state index contributed by atoms with van der Waals surface area (Å²) in [4.78, 5) is 37.7. The largest absolute Gasteiger partial charge is 0.503 e. The van der Waals surface area contributed by atoms with E-state index in [1.807, 2.05) is 30.3 Å². The Morgan fingerprint density at radius 2 is 1.84 bits per heavy atom. The number of allylic oxidation sites excluding steroid dienone is 1. The number of amides is 1. The van der Waals surface area contributed by atoms with Crippen molar-refractivity contribution in [1.29, 1.82) is 0 Å². The zero-order chi connectivity index (χ0) is 22.8. The lowest BCUT2D eigenvalue weighted by Crippen LogP contribution is -2.30. The molecule has 1 atom stereocenters. The van der Waals surface area contributed by atoms with Crippen LogP contribution in [0.2, 0.25) is 0 Å². The fourth-order valence-electron chi connectivity index (χ4n) is 3.36. The maximum absolute atomic E-state index is 13.1. The van der Waals surface area contributed by atoms with Crippen molar-refractivity contribution >= 4 is 39.9 Å². The van der Waals surface area contributed by atoms with Gasteiger partial charge in [-0.05, 0) is 36.3 Å². The third-order valence-electron chi connectivity index (χ3n) is 4.84. The molecule has 1 aliphatic heterocycles. The third kappa shape index (κ3) is 3.91. The summed E-state index contributed by atoms with van der Waals surface area (Å²) in [6.07, 6.45) is 2.86. The molecule has 1 aromatic heterocycles. The molecule has 1 N–H and O–H groups in total. The molecule has 0 saturated carbocycles. The summed E-state index contributed by atoms with van der Waals surface area (Å²) in [5.41, 5.74) is 0.913. The predicted molar refractivity (Wildman–Crippen MR) is 118 cm³/mol. The Labute approximate surface area is 186 Å². The molecule has 1 unspecified atom stereocenters. The number of hydrogen-bond donors (Lipinski definition) is 1. The van der Waals surface area contributed by atoms with Gasteiger partial charge in [-0.3, -0.25) is 24.6 Å². The Kier molecular flexibility index (Phi) is 5.61. The molecule has 0 aliphatic carbocycles. The number of carbonyl (C=O) groups is 2. The molecule has 9 nitrogen and oxygen atoms in total. The van der Waals surface area contributed by atoms with Gasteiger partial charge in [-0.25, -0.2) is 0 Å². The Hall–Kier alpha value is -4.18. The van der Waals surface area contributed by atoms with Gasteiger partial charge in [-0.1, -0.05) is 47.7 Å². The monoisotopic (exact) mass is 448 g/mol. The van der Waals surface area contributed by atoms with Crippen LogP contribution in [-0.2, 0) is 9.59 Å². The van der Waals surface area contributed by atoms with Crippen LogP contribution >= 0.6 is 11.3 Å². The van der Waals surface area contributed by atoms with E-state index in [1.54, 1.807) is 13.0 Å². The minimum Gasteiger partial charge on any atom is -0.503 e. The highest BCUT2D eigenvalue weighted by molar-refractivity contribution is 7.15. The zero-order valence-corrected chi connectivity index (χ0v) is 17.5. The summed E-state index contributed by atoms with van der Waals surface area (Å²) in [5, 5.41) is 30.4. The van der Waals surface area contributed by atoms with Crippen molar-refractivity contribution in [3.8, 4) is 0 Å². The molecule has 0 bridgehead atoms. The van der Waals surface area contributed by atoms with Crippen LogP contribution in [0.4, 0.5) is 10.8 Å². The first kappa shape index (κ1) is 21.1. The number of carbonyl (C=O) groups excluding carboxylic acids is 2. The molecule has 0 saturated heterocycles. The van der Waals surface area contributed by atoms with E-state index in [-0.39, 0.29) is 16.4 Å². The Morgan fingerprint density at radius 1 is 1.16 bits per heavy atom. The van der Waals surface area contributed by atoms with Crippen LogP contribution < -0.4 is 4.90 Å². The van der Waals surface area contributed by atoms with Gasteiger partial charge in [0.15, 0.2) is 11.5 Å². The zero-order valence-electron chi connectivity index (χ0n) is 16.7. The number of nitrogens with zero attached hydrogens (tertiary/aromatic N) is 4. The molecule has 2 heterocycles. The number of aliphatic hydroxyl groups is 1. The number of nitro benzene ring substituents is 1. The van der Waals surface area contributed by atoms with E-state index >= 15 is 0 Å². The summed E-state index contributed by atoms with van der Waals surface area (Å²) in [6.45, 7) is 1.71. The lowest BCUT2D eigenvalue weighted by molar-refractivity contribution is -0.384. The van der Waals surface area contributed by atoms with Crippen molar-refractivity contribution < 1.29 is 19.6 Å². The second kappa shape index (κ2) is 8.52. The van der Waals surface area contributed by atoms with Crippen molar-refractivity contribution in [3.63, 3.8) is 0 Å². The summed E-state index contributed by atoms with van der Waals surface area (Å²) < 4.78 is 0. The quantitative estimate of drug-likeness (QED) is 0.344. The Balaban J connectivity index is 1.78. The Morgan fingerprint density at radius 3 is 2.44 bits per heavy atom. The van der Waals surface area contributed by atoms with Gasteiger partial charge in [0, 0.05) is 12.1 Å². The van der Waals surface area contributed by atoms with Crippen LogP contribution in [0.5, 0.6) is 0 Å². The number of aryl methyl sites for hydroxylation is 1. The van der Waals surface area contributed by atoms with E-state index in [9.17, 15) is 24.8 Å². The number of ketones is 1. The van der Waals surface area contributed by atoms with E-state index in [0.717, 1.165) is 16.9 Å². The molecule has 160 valence electrons. The highest BCUT2D eigenvalue weighted by Gasteiger charge is 2.45. The lowest BCUT2D eigenvalue weighted by atomic mass is 9.95. The van der Waals surface area contributed by atoms with E-state index in [1.165, 1.54) is 35.2 Å². The molecule has 0 radical (unpaired) electrons. The fourth-order valence-corrected chi connectivity index (χ4v) is 4.07. The second-order valence-corrected chi connectivity index (χ2v) is 8.06. The average Bonchev–Trinajstić information content (AvgIpc) is 3.33. The fraction of sp³-hybridized carbons (Fsp3) is 0.0909. The molecule has 4 rings (SSSR count). The van der Waals surface area contributed by atoms with Crippen molar-refractivity contribution in [1.82, 2.24) is 10.2 Å². The van der Waals surface area contributed by atoms with Crippen molar-refractivity contribution in [3.05, 3.63) is 98.3 Å². The van der Waals surface area contributed by atoms with Crippen molar-refractivity contribution in [2.45, 2.75) is 13.0 Å². The normalized spacial score (nSPS) is 16.2. The van der Waals surface area contributed by atoms with Gasteiger partial charge in [0.25, 0.3) is 11.6 Å². The maximum Gasteiger partial charge on any atom is 0.296 e. The van der Waals surface area contributed by atoms with Crippen LogP contribution in [0.1, 0.15) is 22.2 Å². The molecule has 1 amide bonds. The van der Waals surface area contributed by atoms with Crippen LogP contribution in [0.25, 0.3) is 6.08 Å². The first-order valence-corrected chi connectivity index (χ1v) is 10.3. The predicted octanol–water partition coefficient (Wildman–Crippen LogP) is 3.94. The number of aromatic nitrogens is 2. The number of nitro groups is 1. The standard InChI is InChI=1S/C22H16N4O5S/c1-13-23-24-22(32-13)25-19(15-8-10-16(11-9-15)26(30)31)18(20(28)21(25)29)17(27)12-7-14-5-3-2-4-6-14/h2-12,19,28H,1H3/b12-7+. The number of non-ortho nitro benzene ring substituents is 1. The summed E-state index contributed by atoms with van der Waals surface area (Å²) >= 11 is 1.13. The van der Waals surface area contributed by atoms with E-state index in [4.69, 9.17) is 0 Å². The van der Waals surface area contributed by atoms with Gasteiger partial charge in [0.1, 0.15) is 5.01 Å². The SMILES string of the molecule is Cc1nnc(N2C(=O)C(O)=C(C(=O)/C=C/c3ccccc3)C2c2ccc([N+](=O)[O-])cc2)s1. The van der Waals surface area contributed by atoms with Gasteiger partial charge in [0.2, 0.25) is 5.13 Å². The molecule has 10 heteroatoms. The van der Waals surface area contributed by atoms with Crippen molar-refractivity contribution in [2.24, 2.45) is 0 Å². The molecule has 0 spiro atoms. The molecule has 3 aromatic rings. The first-order chi connectivity index (χ1) is 15.4. The van der Waals surface area contributed by atoms with Gasteiger partial charge in [0.05, 0.1) is 16.5 Å². The summed E-state index contributed by atoms with van der Waals surface area (Å²) in [6, 6.07) is 13.5. The van der Waals surface area contributed by atoms with Gasteiger partial charge >= 0.3 is 0 Å². The number of hydrogen-bond acceptors (Lipinski definition) is 8. The van der Waals surface area contributed by atoms with Crippen LogP contribution in [-0.4, -0.2) is 31.9 Å². The molecular formula is C22H16N4O5S. The van der Waals surface area contributed by atoms with Gasteiger partial charge in [-0.2, -0.15) is 0 Å². The molecule has 1 aliphatic rings. The number of anilines is 1. The van der Waals surface area contributed by atoms with Crippen LogP contribution in [0, 0.1) is 17.0 Å². The third-order valence-corrected chi connectivity index (χ3v) is 5.68. The first-order valence-electron chi connectivity index (χ1n) is 9.45. The van der Waals surface area contributed by atoms with Crippen LogP contribution in [0.15, 0.2) is 72.0 Å². The minimum atomic E-state index is -1.01. The van der Waals surface area contributed by atoms with Crippen LogP contribution in [0.3, 0.4) is 0 Å². The van der Waals surface area contributed by atoms with E-state index < -0.39 is 28.4 Å². The highest BCUT2D eigenvalue weighted by Crippen LogP contribution is 2.42. The van der Waals surface area contributed by atoms with Gasteiger partial charge in [-0.15, -0.1) is 10.2 Å². The van der Waals surface area contributed by atoms with Gasteiger partial charge < -0.3 is 5.11 Å². The molecular weight excluding hydrogens is 432 g/mol. The molecule has 2 aromatic carbocycles. The molecule has 0 fully saturated rings. The van der Waals surface area contributed by atoms with Crippen molar-refractivity contribution in [2.75, 3.05) is 4.90 Å². The molecule has 32 heavy (non-hydrogen) atoms. The maximum atomic E-state index is 13.1. The number of rotatable bonds is 6. The smallest absolute Gasteiger partial charge is 0.296 e. The number of aliphatic hydroxyl groups excluding tert-OH is 1. The lowest BCUT2D eigenvalue weighted by Gasteiger charge is -2.23. The highest BCUT2D eigenvalue weighted by atomic mass is 32.1. The summed E-state index contributed by atoms with van der Waals surface area (Å²) in [5.74, 6) is -2.04. The Bertz CT molecular complexity index is 1260. The second-order valence-electron chi connectivity index (χ2n) is 6.90. The van der Waals surface area contributed by atoms with E-state index in [2.05, 4.69) is 10.2 Å². The number of benzene rings is 2. The average molecular weight is 448 g/mol. The van der Waals surface area contributed by atoms with E-state index in [0.29, 0.717) is 10.6 Å². The summed E-state index contributed by atoms with van der Waals surface area (Å²) in [7, 11) is 0. The minimum absolute atomic E-state index is 0.135.